The van der Waals surface area contributed by atoms with Crippen LogP contribution in [-0.4, -0.2) is 43.2 Å². The van der Waals surface area contributed by atoms with E-state index in [1.54, 1.807) is 20.1 Å². The van der Waals surface area contributed by atoms with Crippen LogP contribution in [0, 0.1) is 25.7 Å². The molecule has 1 amide bonds. The van der Waals surface area contributed by atoms with Crippen molar-refractivity contribution in [2.24, 2.45) is 11.8 Å². The Bertz CT molecular complexity index is 983. The smallest absolute Gasteiger partial charge is 0.336 e. The van der Waals surface area contributed by atoms with Gasteiger partial charge in [0.1, 0.15) is 5.58 Å². The lowest BCUT2D eigenvalue weighted by Crippen LogP contribution is -2.49. The highest BCUT2D eigenvalue weighted by atomic mass is 16.5. The third-order valence-electron chi connectivity index (χ3n) is 6.54. The fourth-order valence-corrected chi connectivity index (χ4v) is 5.36. The molecule has 0 unspecified atom stereocenters. The van der Waals surface area contributed by atoms with Crippen molar-refractivity contribution in [1.29, 1.82) is 0 Å². The molecule has 4 atom stereocenters. The van der Waals surface area contributed by atoms with Crippen molar-refractivity contribution in [3.8, 4) is 0 Å². The molecule has 1 saturated carbocycles. The third-order valence-corrected chi connectivity index (χ3v) is 6.54. The van der Waals surface area contributed by atoms with Gasteiger partial charge in [0.15, 0.2) is 0 Å². The minimum absolute atomic E-state index is 0.00132. The Labute approximate surface area is 171 Å². The first kappa shape index (κ1) is 20.1. The Balaban J connectivity index is 1.55. The second-order valence-electron chi connectivity index (χ2n) is 8.82. The Morgan fingerprint density at radius 2 is 1.93 bits per heavy atom. The van der Waals surface area contributed by atoms with Crippen LogP contribution in [0.4, 0.5) is 0 Å². The molecule has 1 saturated heterocycles. The van der Waals surface area contributed by atoms with E-state index in [-0.39, 0.29) is 23.7 Å². The Morgan fingerprint density at radius 1 is 1.21 bits per heavy atom. The van der Waals surface area contributed by atoms with Crippen molar-refractivity contribution < 1.29 is 13.9 Å². The minimum atomic E-state index is -0.291. The maximum atomic E-state index is 12.2. The number of nitrogens with zero attached hydrogens (tertiary/aromatic N) is 1. The molecule has 2 heterocycles. The SMILES string of the molecule is CO[C@@H]1C[C@H]2CN(Cc3cc(=O)oc4c(C)cc(C)cc34)C[C@H]2C[C@H]1NC(C)=O. The summed E-state index contributed by atoms with van der Waals surface area (Å²) in [6, 6.07) is 5.87. The van der Waals surface area contributed by atoms with E-state index in [2.05, 4.69) is 23.2 Å². The van der Waals surface area contributed by atoms with Crippen molar-refractivity contribution in [1.82, 2.24) is 10.2 Å². The van der Waals surface area contributed by atoms with Gasteiger partial charge in [-0.15, -0.1) is 0 Å². The summed E-state index contributed by atoms with van der Waals surface area (Å²) in [5, 5.41) is 4.10. The second-order valence-corrected chi connectivity index (χ2v) is 8.82. The van der Waals surface area contributed by atoms with E-state index in [9.17, 15) is 9.59 Å². The van der Waals surface area contributed by atoms with Crippen molar-refractivity contribution in [3.05, 3.63) is 45.3 Å². The summed E-state index contributed by atoms with van der Waals surface area (Å²) in [4.78, 5) is 26.2. The molecule has 1 aromatic heterocycles. The highest BCUT2D eigenvalue weighted by Crippen LogP contribution is 2.38. The number of ether oxygens (including phenoxy) is 1. The summed E-state index contributed by atoms with van der Waals surface area (Å²) in [6.07, 6.45) is 1.96. The van der Waals surface area contributed by atoms with Crippen LogP contribution >= 0.6 is 0 Å². The van der Waals surface area contributed by atoms with E-state index in [1.165, 1.54) is 5.56 Å². The monoisotopic (exact) mass is 398 g/mol. The number of fused-ring (bicyclic) bond motifs is 2. The van der Waals surface area contributed by atoms with E-state index in [0.717, 1.165) is 49.0 Å². The van der Waals surface area contributed by atoms with Gasteiger partial charge in [0.2, 0.25) is 5.91 Å². The number of likely N-dealkylation sites (tertiary alicyclic amines) is 1. The molecule has 2 aliphatic rings. The van der Waals surface area contributed by atoms with Crippen LogP contribution in [0.3, 0.4) is 0 Å². The summed E-state index contributed by atoms with van der Waals surface area (Å²) < 4.78 is 11.2. The highest BCUT2D eigenvalue weighted by molar-refractivity contribution is 5.83. The zero-order chi connectivity index (χ0) is 20.7. The molecule has 1 N–H and O–H groups in total. The number of rotatable bonds is 4. The standard InChI is InChI=1S/C23H30N2O4/c1-13-5-14(2)23-19(6-13)18(9-22(27)29-23)12-25-10-16-7-20(24-15(3)26)21(28-4)8-17(16)11-25/h5-6,9,16-17,20-21H,7-8,10-12H2,1-4H3,(H,24,26)/t16-,17+,20-,21-/m1/s1. The second kappa shape index (κ2) is 7.92. The van der Waals surface area contributed by atoms with Gasteiger partial charge in [-0.3, -0.25) is 9.69 Å². The van der Waals surface area contributed by atoms with Gasteiger partial charge >= 0.3 is 5.63 Å². The van der Waals surface area contributed by atoms with Gasteiger partial charge in [0.25, 0.3) is 0 Å². The van der Waals surface area contributed by atoms with E-state index in [4.69, 9.17) is 9.15 Å². The molecule has 1 aliphatic carbocycles. The number of hydrogen-bond acceptors (Lipinski definition) is 5. The molecule has 0 radical (unpaired) electrons. The number of hydrogen-bond donors (Lipinski definition) is 1. The molecule has 156 valence electrons. The average Bonchev–Trinajstić information content (AvgIpc) is 3.02. The number of nitrogens with one attached hydrogen (secondary N) is 1. The first-order valence-corrected chi connectivity index (χ1v) is 10.4. The van der Waals surface area contributed by atoms with Crippen molar-refractivity contribution in [2.75, 3.05) is 20.2 Å². The van der Waals surface area contributed by atoms with Crippen LogP contribution < -0.4 is 10.9 Å². The summed E-state index contributed by atoms with van der Waals surface area (Å²) in [7, 11) is 1.73. The van der Waals surface area contributed by atoms with Crippen LogP contribution in [0.2, 0.25) is 0 Å². The Hall–Kier alpha value is -2.18. The first-order valence-electron chi connectivity index (χ1n) is 10.4. The highest BCUT2D eigenvalue weighted by Gasteiger charge is 2.42. The van der Waals surface area contributed by atoms with Gasteiger partial charge in [-0.1, -0.05) is 6.07 Å². The number of carbonyl (C=O) groups excluding carboxylic acids is 1. The Morgan fingerprint density at radius 3 is 2.62 bits per heavy atom. The van der Waals surface area contributed by atoms with E-state index >= 15 is 0 Å². The molecule has 2 aromatic rings. The van der Waals surface area contributed by atoms with Crippen LogP contribution in [0.25, 0.3) is 11.0 Å². The molecule has 6 heteroatoms. The first-order chi connectivity index (χ1) is 13.8. The Kier molecular flexibility index (Phi) is 5.49. The van der Waals surface area contributed by atoms with Gasteiger partial charge in [-0.2, -0.15) is 0 Å². The van der Waals surface area contributed by atoms with E-state index < -0.39 is 0 Å². The lowest BCUT2D eigenvalue weighted by molar-refractivity contribution is -0.121. The lowest BCUT2D eigenvalue weighted by Gasteiger charge is -2.37. The molecule has 1 aromatic carbocycles. The summed E-state index contributed by atoms with van der Waals surface area (Å²) >= 11 is 0. The van der Waals surface area contributed by atoms with Crippen molar-refractivity contribution in [3.63, 3.8) is 0 Å². The van der Waals surface area contributed by atoms with Gasteiger partial charge in [-0.25, -0.2) is 4.79 Å². The van der Waals surface area contributed by atoms with Crippen LogP contribution in [0.5, 0.6) is 0 Å². The van der Waals surface area contributed by atoms with Crippen molar-refractivity contribution in [2.45, 2.75) is 52.3 Å². The normalized spacial score (nSPS) is 27.2. The molecule has 2 fully saturated rings. The predicted octanol–water partition coefficient (Wildman–Crippen LogP) is 2.77. The molecular weight excluding hydrogens is 368 g/mol. The maximum Gasteiger partial charge on any atom is 0.336 e. The number of carbonyl (C=O) groups is 1. The molecule has 0 bridgehead atoms. The number of methoxy groups -OCH3 is 1. The molecule has 29 heavy (non-hydrogen) atoms. The summed E-state index contributed by atoms with van der Waals surface area (Å²) in [5.74, 6) is 1.09. The third kappa shape index (κ3) is 4.09. The topological polar surface area (TPSA) is 71.8 Å². The zero-order valence-electron chi connectivity index (χ0n) is 17.7. The molecular formula is C23H30N2O4. The zero-order valence-corrected chi connectivity index (χ0v) is 17.7. The van der Waals surface area contributed by atoms with Crippen LogP contribution in [0.1, 0.15) is 36.5 Å². The summed E-state index contributed by atoms with van der Waals surface area (Å²) in [5.41, 5.74) is 3.60. The molecule has 0 spiro atoms. The van der Waals surface area contributed by atoms with Gasteiger partial charge in [0, 0.05) is 45.1 Å². The summed E-state index contributed by atoms with van der Waals surface area (Å²) in [6.45, 7) is 8.32. The fourth-order valence-electron chi connectivity index (χ4n) is 5.36. The molecule has 4 rings (SSSR count). The van der Waals surface area contributed by atoms with Gasteiger partial charge < -0.3 is 14.5 Å². The van der Waals surface area contributed by atoms with E-state index in [0.29, 0.717) is 17.4 Å². The largest absolute Gasteiger partial charge is 0.422 e. The average molecular weight is 399 g/mol. The fraction of sp³-hybridized carbons (Fsp3) is 0.565. The van der Waals surface area contributed by atoms with Gasteiger partial charge in [-0.05, 0) is 61.3 Å². The number of aryl methyl sites for hydroxylation is 2. The predicted molar refractivity (Wildman–Crippen MR) is 112 cm³/mol. The van der Waals surface area contributed by atoms with E-state index in [1.807, 2.05) is 13.0 Å². The minimum Gasteiger partial charge on any atom is -0.422 e. The maximum absolute atomic E-state index is 12.2. The quantitative estimate of drug-likeness (QED) is 0.802. The van der Waals surface area contributed by atoms with Crippen LogP contribution in [0.15, 0.2) is 27.4 Å². The molecule has 1 aliphatic heterocycles. The molecule has 6 nitrogen and oxygen atoms in total. The lowest BCUT2D eigenvalue weighted by atomic mass is 9.77. The number of benzene rings is 1. The van der Waals surface area contributed by atoms with Gasteiger partial charge in [0.05, 0.1) is 12.1 Å². The van der Waals surface area contributed by atoms with Crippen molar-refractivity contribution >= 4 is 16.9 Å². The van der Waals surface area contributed by atoms with Crippen LogP contribution in [-0.2, 0) is 16.1 Å². The number of amides is 1.